The van der Waals surface area contributed by atoms with Gasteiger partial charge in [0.05, 0.1) is 21.6 Å². The van der Waals surface area contributed by atoms with E-state index in [1.54, 1.807) is 6.07 Å². The molecule has 0 radical (unpaired) electrons. The molecule has 2 N–H and O–H groups in total. The van der Waals surface area contributed by atoms with Gasteiger partial charge < -0.3 is 5.32 Å². The Morgan fingerprint density at radius 3 is 2.61 bits per heavy atom. The first-order chi connectivity index (χ1) is 14.7. The lowest BCUT2D eigenvalue weighted by atomic mass is 10.1. The normalized spacial score (nSPS) is 11.4. The van der Waals surface area contributed by atoms with Gasteiger partial charge in [0.1, 0.15) is 15.8 Å². The summed E-state index contributed by atoms with van der Waals surface area (Å²) in [7, 11) is -4.06. The largest absolute Gasteiger partial charge is 0.333 e. The second kappa shape index (κ2) is 8.10. The average molecular weight is 479 g/mol. The van der Waals surface area contributed by atoms with Crippen LogP contribution in [0.1, 0.15) is 0 Å². The number of nitrogens with one attached hydrogen (secondary N) is 2. The van der Waals surface area contributed by atoms with Crippen LogP contribution in [0.3, 0.4) is 0 Å². The number of nitrogens with zero attached hydrogens (tertiary/aromatic N) is 2. The number of benzene rings is 1. The van der Waals surface area contributed by atoms with E-state index in [9.17, 15) is 22.4 Å². The maximum absolute atomic E-state index is 13.5. The Bertz CT molecular complexity index is 1470. The van der Waals surface area contributed by atoms with Crippen LogP contribution in [-0.4, -0.2) is 24.0 Å². The van der Waals surface area contributed by atoms with E-state index < -0.39 is 27.4 Å². The Hall–Kier alpha value is -3.28. The lowest BCUT2D eigenvalue weighted by Gasteiger charge is -2.09. The highest BCUT2D eigenvalue weighted by Crippen LogP contribution is 2.25. The Labute approximate surface area is 184 Å². The van der Waals surface area contributed by atoms with Crippen molar-refractivity contribution in [3.8, 4) is 5.82 Å². The fraction of sp³-hybridized carbons (Fsp3) is 0. The number of pyridine rings is 2. The third kappa shape index (κ3) is 4.43. The summed E-state index contributed by atoms with van der Waals surface area (Å²) in [6.07, 6.45) is 2.76. The molecule has 4 aromatic rings. The lowest BCUT2D eigenvalue weighted by Crippen LogP contribution is -2.34. The highest BCUT2D eigenvalue weighted by Gasteiger charge is 2.20. The number of fused-ring (bicyclic) bond motifs is 1. The van der Waals surface area contributed by atoms with Gasteiger partial charge in [-0.15, -0.1) is 11.3 Å². The molecule has 1 aromatic carbocycles. The standard InChI is InChI=1S/C19H12ClFN4O4S2/c20-15-4-6-17(30-15)31(28,29)24-19(27)23-13-3-5-16(22-10-13)25-8-7-11-1-2-12(21)9-14(11)18(25)26/h1-10H,(H2,23,24,27). The molecule has 12 heteroatoms. The molecular formula is C19H12ClFN4O4S2. The van der Waals surface area contributed by atoms with Crippen molar-refractivity contribution in [1.82, 2.24) is 14.3 Å². The second-order valence-electron chi connectivity index (χ2n) is 6.25. The number of rotatable bonds is 4. The van der Waals surface area contributed by atoms with Crippen molar-refractivity contribution in [3.05, 3.63) is 81.4 Å². The van der Waals surface area contributed by atoms with E-state index in [0.29, 0.717) is 5.39 Å². The van der Waals surface area contributed by atoms with Crippen LogP contribution in [0.25, 0.3) is 16.6 Å². The maximum atomic E-state index is 13.5. The summed E-state index contributed by atoms with van der Waals surface area (Å²) in [4.78, 5) is 28.8. The van der Waals surface area contributed by atoms with Crippen LogP contribution in [0.15, 0.2) is 69.9 Å². The van der Waals surface area contributed by atoms with Crippen LogP contribution < -0.4 is 15.6 Å². The number of halogens is 2. The number of hydrogen-bond donors (Lipinski definition) is 2. The molecule has 0 unspecified atom stereocenters. The first-order valence-corrected chi connectivity index (χ1v) is 11.3. The van der Waals surface area contributed by atoms with Crippen molar-refractivity contribution in [1.29, 1.82) is 0 Å². The van der Waals surface area contributed by atoms with Gasteiger partial charge in [0, 0.05) is 6.20 Å². The summed E-state index contributed by atoms with van der Waals surface area (Å²) in [5, 5.41) is 3.14. The summed E-state index contributed by atoms with van der Waals surface area (Å²) in [5.41, 5.74) is -0.260. The topological polar surface area (TPSA) is 110 Å². The molecule has 31 heavy (non-hydrogen) atoms. The predicted molar refractivity (Wildman–Crippen MR) is 116 cm³/mol. The molecule has 0 aliphatic carbocycles. The smallest absolute Gasteiger partial charge is 0.306 e. The van der Waals surface area contributed by atoms with Gasteiger partial charge >= 0.3 is 6.03 Å². The molecule has 158 valence electrons. The molecule has 8 nitrogen and oxygen atoms in total. The second-order valence-corrected chi connectivity index (χ2v) is 9.87. The first kappa shape index (κ1) is 21.0. The Morgan fingerprint density at radius 1 is 1.13 bits per heavy atom. The summed E-state index contributed by atoms with van der Waals surface area (Å²) >= 11 is 6.54. The van der Waals surface area contributed by atoms with Crippen LogP contribution in [0, 0.1) is 5.82 Å². The van der Waals surface area contributed by atoms with Crippen molar-refractivity contribution in [3.63, 3.8) is 0 Å². The Kier molecular flexibility index (Phi) is 5.48. The van der Waals surface area contributed by atoms with E-state index in [4.69, 9.17) is 11.6 Å². The van der Waals surface area contributed by atoms with Gasteiger partial charge in [0.2, 0.25) is 0 Å². The summed E-state index contributed by atoms with van der Waals surface area (Å²) in [5.74, 6) is -0.288. The van der Waals surface area contributed by atoms with E-state index >= 15 is 0 Å². The maximum Gasteiger partial charge on any atom is 0.333 e. The number of sulfonamides is 1. The number of carbonyl (C=O) groups excluding carboxylic acids is 1. The molecule has 3 heterocycles. The van der Waals surface area contributed by atoms with Crippen LogP contribution in [0.2, 0.25) is 4.34 Å². The predicted octanol–water partition coefficient (Wildman–Crippen LogP) is 3.75. The number of carbonyl (C=O) groups is 1. The molecular weight excluding hydrogens is 467 g/mol. The minimum atomic E-state index is -4.06. The van der Waals surface area contributed by atoms with Gasteiger partial charge in [-0.05, 0) is 47.9 Å². The molecule has 2 amide bonds. The molecule has 0 bridgehead atoms. The Balaban J connectivity index is 1.52. The van der Waals surface area contributed by atoms with E-state index in [1.807, 2.05) is 4.72 Å². The van der Waals surface area contributed by atoms with Gasteiger partial charge in [0.25, 0.3) is 15.6 Å². The van der Waals surface area contributed by atoms with Gasteiger partial charge in [-0.3, -0.25) is 9.36 Å². The van der Waals surface area contributed by atoms with Gasteiger partial charge in [-0.25, -0.2) is 27.3 Å². The molecule has 0 spiro atoms. The third-order valence-corrected chi connectivity index (χ3v) is 7.21. The number of anilines is 1. The van der Waals surface area contributed by atoms with Crippen molar-refractivity contribution >= 4 is 55.5 Å². The SMILES string of the molecule is O=C(Nc1ccc(-n2ccc3ccc(F)cc3c2=O)nc1)NS(=O)(=O)c1ccc(Cl)s1. The minimum absolute atomic E-state index is 0.103. The van der Waals surface area contributed by atoms with Gasteiger partial charge in [0.15, 0.2) is 0 Å². The van der Waals surface area contributed by atoms with Gasteiger partial charge in [-0.2, -0.15) is 0 Å². The van der Waals surface area contributed by atoms with Crippen LogP contribution in [0.5, 0.6) is 0 Å². The van der Waals surface area contributed by atoms with Crippen molar-refractivity contribution in [2.75, 3.05) is 5.32 Å². The minimum Gasteiger partial charge on any atom is -0.306 e. The quantitative estimate of drug-likeness (QED) is 0.464. The monoisotopic (exact) mass is 478 g/mol. The summed E-state index contributed by atoms with van der Waals surface area (Å²) in [6.45, 7) is 0. The van der Waals surface area contributed by atoms with Crippen LogP contribution in [-0.2, 0) is 10.0 Å². The van der Waals surface area contributed by atoms with E-state index in [0.717, 1.165) is 17.4 Å². The van der Waals surface area contributed by atoms with Crippen LogP contribution in [0.4, 0.5) is 14.9 Å². The highest BCUT2D eigenvalue weighted by molar-refractivity contribution is 7.92. The van der Waals surface area contributed by atoms with E-state index in [1.165, 1.54) is 53.4 Å². The van der Waals surface area contributed by atoms with Crippen molar-refractivity contribution in [2.24, 2.45) is 0 Å². The van der Waals surface area contributed by atoms with E-state index in [-0.39, 0.29) is 25.4 Å². The highest BCUT2D eigenvalue weighted by atomic mass is 35.5. The zero-order valence-corrected chi connectivity index (χ0v) is 17.8. The summed E-state index contributed by atoms with van der Waals surface area (Å²) < 4.78 is 41.1. The van der Waals surface area contributed by atoms with E-state index in [2.05, 4.69) is 10.3 Å². The fourth-order valence-corrected chi connectivity index (χ4v) is 5.16. The Morgan fingerprint density at radius 2 is 1.94 bits per heavy atom. The summed E-state index contributed by atoms with van der Waals surface area (Å²) in [6, 6.07) is 10.2. The number of amides is 2. The first-order valence-electron chi connectivity index (χ1n) is 8.59. The third-order valence-electron chi connectivity index (χ3n) is 4.16. The molecule has 0 saturated carbocycles. The molecule has 0 atom stereocenters. The van der Waals surface area contributed by atoms with Gasteiger partial charge in [-0.1, -0.05) is 17.7 Å². The molecule has 0 fully saturated rings. The van der Waals surface area contributed by atoms with Crippen LogP contribution >= 0.6 is 22.9 Å². The number of hydrogen-bond acceptors (Lipinski definition) is 6. The lowest BCUT2D eigenvalue weighted by molar-refractivity contribution is 0.256. The molecule has 4 rings (SSSR count). The zero-order chi connectivity index (χ0) is 22.2. The zero-order valence-electron chi connectivity index (χ0n) is 15.4. The molecule has 0 aliphatic heterocycles. The molecule has 0 saturated heterocycles. The van der Waals surface area contributed by atoms with Crippen molar-refractivity contribution in [2.45, 2.75) is 4.21 Å². The molecule has 0 aliphatic rings. The van der Waals surface area contributed by atoms with Crippen molar-refractivity contribution < 1.29 is 17.6 Å². The number of aromatic nitrogens is 2. The number of thiophene rings is 1. The fourth-order valence-electron chi connectivity index (χ4n) is 2.77. The number of urea groups is 1. The molecule has 3 aromatic heterocycles. The average Bonchev–Trinajstić information content (AvgIpc) is 3.16.